The fourth-order valence-electron chi connectivity index (χ4n) is 5.10. The van der Waals surface area contributed by atoms with Crippen molar-refractivity contribution in [2.45, 2.75) is 38.3 Å². The third kappa shape index (κ3) is 2.38. The number of aromatic hydroxyl groups is 1. The molecule has 3 heterocycles. The zero-order valence-electron chi connectivity index (χ0n) is 15.7. The molecule has 5 heteroatoms. The Morgan fingerprint density at radius 2 is 2.07 bits per heavy atom. The lowest BCUT2D eigenvalue weighted by Crippen LogP contribution is -2.41. The average Bonchev–Trinajstić information content (AvgIpc) is 3.24. The van der Waals surface area contributed by atoms with Crippen LogP contribution in [-0.2, 0) is 21.6 Å². The van der Waals surface area contributed by atoms with Crippen molar-refractivity contribution >= 4 is 17.3 Å². The fraction of sp³-hybridized carbons (Fsp3) is 0.409. The van der Waals surface area contributed by atoms with E-state index in [0.29, 0.717) is 5.92 Å². The van der Waals surface area contributed by atoms with E-state index in [4.69, 9.17) is 4.74 Å². The Balaban J connectivity index is 1.63. The number of phenols is 1. The number of fused-ring (bicyclic) bond motifs is 4. The summed E-state index contributed by atoms with van der Waals surface area (Å²) in [6.45, 7) is 5.28. The summed E-state index contributed by atoms with van der Waals surface area (Å²) in [5, 5.41) is 13.4. The molecule has 0 radical (unpaired) electrons. The summed E-state index contributed by atoms with van der Waals surface area (Å²) in [5.41, 5.74) is 5.25. The van der Waals surface area contributed by atoms with Gasteiger partial charge in [-0.05, 0) is 55.2 Å². The number of phenolic OH excluding ortho intramolecular Hbond substituents is 1. The van der Waals surface area contributed by atoms with Crippen LogP contribution in [0, 0.1) is 5.92 Å². The molecule has 0 aromatic heterocycles. The van der Waals surface area contributed by atoms with Gasteiger partial charge in [-0.25, -0.2) is 0 Å². The lowest BCUT2D eigenvalue weighted by Gasteiger charge is -2.43. The number of rotatable bonds is 1. The summed E-state index contributed by atoms with van der Waals surface area (Å²) in [5.74, 6) is 0.663. The van der Waals surface area contributed by atoms with Crippen LogP contribution in [0.1, 0.15) is 43.0 Å². The number of anilines is 2. The van der Waals surface area contributed by atoms with E-state index < -0.39 is 0 Å². The molecule has 0 saturated carbocycles. The van der Waals surface area contributed by atoms with Crippen LogP contribution in [0.5, 0.6) is 5.75 Å². The maximum absolute atomic E-state index is 12.0. The first-order valence-electron chi connectivity index (χ1n) is 9.62. The topological polar surface area (TPSA) is 61.8 Å². The number of nitrogens with one attached hydrogen (secondary N) is 1. The molecule has 1 fully saturated rings. The van der Waals surface area contributed by atoms with Crippen molar-refractivity contribution < 1.29 is 14.6 Å². The Hall–Kier alpha value is -2.53. The minimum absolute atomic E-state index is 0.0912. The van der Waals surface area contributed by atoms with Crippen LogP contribution < -0.4 is 10.2 Å². The highest BCUT2D eigenvalue weighted by molar-refractivity contribution is 5.94. The molecule has 1 amide bonds. The third-order valence-corrected chi connectivity index (χ3v) is 6.53. The second-order valence-corrected chi connectivity index (χ2v) is 8.01. The van der Waals surface area contributed by atoms with Gasteiger partial charge < -0.3 is 20.1 Å². The van der Waals surface area contributed by atoms with Crippen molar-refractivity contribution in [2.75, 3.05) is 23.4 Å². The van der Waals surface area contributed by atoms with Crippen molar-refractivity contribution in [3.63, 3.8) is 0 Å². The first kappa shape index (κ1) is 16.6. The van der Waals surface area contributed by atoms with Crippen LogP contribution in [0.3, 0.4) is 0 Å². The zero-order valence-corrected chi connectivity index (χ0v) is 15.7. The largest absolute Gasteiger partial charge is 0.508 e. The minimum atomic E-state index is -0.386. The summed E-state index contributed by atoms with van der Waals surface area (Å²) in [4.78, 5) is 13.9. The highest BCUT2D eigenvalue weighted by atomic mass is 16.5. The van der Waals surface area contributed by atoms with Gasteiger partial charge in [-0.1, -0.05) is 12.1 Å². The van der Waals surface area contributed by atoms with Crippen LogP contribution in [-0.4, -0.2) is 24.2 Å². The summed E-state index contributed by atoms with van der Waals surface area (Å²) >= 11 is 0. The van der Waals surface area contributed by atoms with E-state index >= 15 is 0 Å². The van der Waals surface area contributed by atoms with E-state index in [0.717, 1.165) is 48.5 Å². The quantitative estimate of drug-likeness (QED) is 0.810. The first-order valence-corrected chi connectivity index (χ1v) is 9.62. The van der Waals surface area contributed by atoms with Crippen LogP contribution in [0.25, 0.3) is 0 Å². The number of carbonyl (C=O) groups is 1. The van der Waals surface area contributed by atoms with Crippen molar-refractivity contribution in [1.29, 1.82) is 0 Å². The number of nitrogens with zero attached hydrogens (tertiary/aromatic N) is 1. The molecule has 2 aromatic carbocycles. The molecule has 0 aliphatic carbocycles. The molecule has 3 aliphatic heterocycles. The van der Waals surface area contributed by atoms with Gasteiger partial charge in [0.05, 0.1) is 11.6 Å². The molecule has 27 heavy (non-hydrogen) atoms. The molecule has 2 N–H and O–H groups in total. The molecule has 5 rings (SSSR count). The Morgan fingerprint density at radius 1 is 1.30 bits per heavy atom. The van der Waals surface area contributed by atoms with Gasteiger partial charge in [0.15, 0.2) is 0 Å². The number of hydrogen-bond donors (Lipinski definition) is 2. The molecule has 140 valence electrons. The average molecular weight is 364 g/mol. The molecular weight excluding hydrogens is 340 g/mol. The molecule has 5 nitrogen and oxygen atoms in total. The van der Waals surface area contributed by atoms with E-state index in [-0.39, 0.29) is 23.3 Å². The van der Waals surface area contributed by atoms with E-state index in [1.807, 2.05) is 17.0 Å². The van der Waals surface area contributed by atoms with Gasteiger partial charge in [-0.2, -0.15) is 0 Å². The molecule has 0 bridgehead atoms. The Morgan fingerprint density at radius 3 is 2.81 bits per heavy atom. The Kier molecular flexibility index (Phi) is 3.53. The molecule has 1 saturated heterocycles. The Labute approximate surface area is 158 Å². The minimum Gasteiger partial charge on any atom is -0.508 e. The first-order chi connectivity index (χ1) is 13.0. The van der Waals surface area contributed by atoms with Gasteiger partial charge in [-0.3, -0.25) is 4.79 Å². The summed E-state index contributed by atoms with van der Waals surface area (Å²) in [6, 6.07) is 12.0. The lowest BCUT2D eigenvalue weighted by atomic mass is 9.72. The third-order valence-electron chi connectivity index (χ3n) is 6.53. The van der Waals surface area contributed by atoms with E-state index in [2.05, 4.69) is 24.4 Å². The number of amides is 1. The monoisotopic (exact) mass is 364 g/mol. The predicted molar refractivity (Wildman–Crippen MR) is 104 cm³/mol. The van der Waals surface area contributed by atoms with Gasteiger partial charge in [0, 0.05) is 42.9 Å². The van der Waals surface area contributed by atoms with Crippen LogP contribution in [0.2, 0.25) is 0 Å². The Bertz CT molecular complexity index is 924. The van der Waals surface area contributed by atoms with Crippen LogP contribution in [0.15, 0.2) is 36.4 Å². The second kappa shape index (κ2) is 5.73. The predicted octanol–water partition coefficient (Wildman–Crippen LogP) is 3.72. The summed E-state index contributed by atoms with van der Waals surface area (Å²) in [6.07, 6.45) is 1.86. The van der Waals surface area contributed by atoms with Crippen molar-refractivity contribution in [3.05, 3.63) is 53.1 Å². The molecular formula is C22H24N2O3. The fourth-order valence-corrected chi connectivity index (χ4v) is 5.10. The number of hydrogen-bond acceptors (Lipinski definition) is 4. The second-order valence-electron chi connectivity index (χ2n) is 8.01. The maximum Gasteiger partial charge on any atom is 0.223 e. The van der Waals surface area contributed by atoms with Gasteiger partial charge in [0.1, 0.15) is 5.75 Å². The summed E-state index contributed by atoms with van der Waals surface area (Å²) < 4.78 is 6.31. The van der Waals surface area contributed by atoms with Gasteiger partial charge in [0.2, 0.25) is 5.91 Å². The molecule has 3 aliphatic rings. The molecule has 3 atom stereocenters. The zero-order chi connectivity index (χ0) is 18.8. The van der Waals surface area contributed by atoms with Crippen molar-refractivity contribution in [1.82, 2.24) is 0 Å². The highest BCUT2D eigenvalue weighted by Crippen LogP contribution is 2.55. The smallest absolute Gasteiger partial charge is 0.223 e. The molecule has 0 unspecified atom stereocenters. The maximum atomic E-state index is 12.0. The molecule has 2 aromatic rings. The van der Waals surface area contributed by atoms with E-state index in [1.54, 1.807) is 19.1 Å². The number of benzene rings is 2. The standard InChI is InChI=1S/C22H24N2O3/c1-13(25)24-9-7-15-11-19-18(12-20(15)24)22(2)17(8-10-27-22)21(23-19)14-3-5-16(26)6-4-14/h3-6,11-12,17,21,23,26H,7-10H2,1-2H3/t17-,21+,22-/m0/s1. The molecule has 0 spiro atoms. The van der Waals surface area contributed by atoms with Gasteiger partial charge in [0.25, 0.3) is 0 Å². The normalized spacial score (nSPS) is 28.3. The van der Waals surface area contributed by atoms with Gasteiger partial charge in [-0.15, -0.1) is 0 Å². The number of ether oxygens (including phenoxy) is 1. The van der Waals surface area contributed by atoms with Crippen molar-refractivity contribution in [2.24, 2.45) is 5.92 Å². The van der Waals surface area contributed by atoms with E-state index in [9.17, 15) is 9.90 Å². The van der Waals surface area contributed by atoms with Crippen LogP contribution in [0.4, 0.5) is 11.4 Å². The highest BCUT2D eigenvalue weighted by Gasteiger charge is 2.51. The summed E-state index contributed by atoms with van der Waals surface area (Å²) in [7, 11) is 0. The lowest BCUT2D eigenvalue weighted by molar-refractivity contribution is -0.116. The van der Waals surface area contributed by atoms with E-state index in [1.165, 1.54) is 5.56 Å². The van der Waals surface area contributed by atoms with Gasteiger partial charge >= 0.3 is 0 Å². The van der Waals surface area contributed by atoms with Crippen molar-refractivity contribution in [3.8, 4) is 5.75 Å². The SMILES string of the molecule is CC(=O)N1CCc2cc3c(cc21)[C@@]1(C)OCC[C@H]1[C@@H](c1ccc(O)cc1)N3. The van der Waals surface area contributed by atoms with Crippen LogP contribution >= 0.6 is 0 Å². The number of carbonyl (C=O) groups excluding carboxylic acids is 1.